The third-order valence-electron chi connectivity index (χ3n) is 9.02. The zero-order valence-electron chi connectivity index (χ0n) is 25.0. The molecule has 1 aliphatic carbocycles. The second kappa shape index (κ2) is 13.4. The first-order chi connectivity index (χ1) is 19.9. The van der Waals surface area contributed by atoms with E-state index in [2.05, 4.69) is 33.1 Å². The fourth-order valence-electron chi connectivity index (χ4n) is 6.51. The highest BCUT2D eigenvalue weighted by molar-refractivity contribution is 9.09. The minimum Gasteiger partial charge on any atom is -0.458 e. The third kappa shape index (κ3) is 6.54. The number of aliphatic hydroxyl groups is 1. The molecule has 0 unspecified atom stereocenters. The van der Waals surface area contributed by atoms with Crippen LogP contribution in [0.25, 0.3) is 0 Å². The van der Waals surface area contributed by atoms with Crippen molar-refractivity contribution in [3.63, 3.8) is 0 Å². The van der Waals surface area contributed by atoms with E-state index in [1.165, 1.54) is 7.11 Å². The molecule has 0 amide bonds. The lowest BCUT2D eigenvalue weighted by Gasteiger charge is -2.41. The summed E-state index contributed by atoms with van der Waals surface area (Å²) in [5, 5.41) is 10.6. The van der Waals surface area contributed by atoms with Gasteiger partial charge in [0.25, 0.3) is 0 Å². The number of carbonyl (C=O) groups is 3. The second-order valence-electron chi connectivity index (χ2n) is 11.8. The molecule has 2 N–H and O–H groups in total. The highest BCUT2D eigenvalue weighted by Crippen LogP contribution is 2.53. The number of nitrogens with one attached hydrogen (secondary N) is 1. The molecule has 2 aliphatic heterocycles. The van der Waals surface area contributed by atoms with Crippen molar-refractivity contribution < 1.29 is 43.2 Å². The molecular weight excluding hydrogens is 610 g/mol. The number of ether oxygens (including phenoxy) is 5. The third-order valence-corrected chi connectivity index (χ3v) is 9.47. The Bertz CT molecular complexity index is 1180. The van der Waals surface area contributed by atoms with Gasteiger partial charge in [-0.15, -0.1) is 0 Å². The van der Waals surface area contributed by atoms with Gasteiger partial charge >= 0.3 is 17.9 Å². The van der Waals surface area contributed by atoms with Crippen molar-refractivity contribution in [1.82, 2.24) is 4.98 Å². The average Bonchev–Trinajstić information content (AvgIpc) is 3.60. The second-order valence-corrected chi connectivity index (χ2v) is 12.3. The molecule has 11 heteroatoms. The van der Waals surface area contributed by atoms with Gasteiger partial charge in [0.15, 0.2) is 6.10 Å². The van der Waals surface area contributed by atoms with E-state index in [0.717, 1.165) is 5.57 Å². The lowest BCUT2D eigenvalue weighted by Crippen LogP contribution is -2.48. The van der Waals surface area contributed by atoms with Crippen LogP contribution in [0.4, 0.5) is 0 Å². The SMILES string of the molecule is CO[C@H]1C[C@H]2C=C[C@@H]3C[C@]2(O[C@H]3[C@H](OC(=O)c2ccc[nH]2)[C@H](C)[C@H](C)O)/C(C)=C/[C@@H](C)[C@@H]([C@@H](C)OC(=O)CBr)OC1=O. The Morgan fingerprint density at radius 2 is 1.95 bits per heavy atom. The number of alkyl halides is 1. The summed E-state index contributed by atoms with van der Waals surface area (Å²) in [5.41, 5.74) is 0.437. The lowest BCUT2D eigenvalue weighted by atomic mass is 9.69. The summed E-state index contributed by atoms with van der Waals surface area (Å²) in [4.78, 5) is 41.3. The van der Waals surface area contributed by atoms with Crippen LogP contribution in [0.3, 0.4) is 0 Å². The Morgan fingerprint density at radius 1 is 1.21 bits per heavy atom. The summed E-state index contributed by atoms with van der Waals surface area (Å²) in [7, 11) is 1.47. The summed E-state index contributed by atoms with van der Waals surface area (Å²) >= 11 is 3.11. The van der Waals surface area contributed by atoms with Crippen LogP contribution in [-0.2, 0) is 33.3 Å². The molecular formula is C31H42BrNO9. The maximum Gasteiger partial charge on any atom is 0.355 e. The Balaban J connectivity index is 1.72. The van der Waals surface area contributed by atoms with Gasteiger partial charge in [0.1, 0.15) is 35.4 Å². The van der Waals surface area contributed by atoms with E-state index in [9.17, 15) is 19.5 Å². The molecule has 1 aromatic heterocycles. The van der Waals surface area contributed by atoms with Crippen LogP contribution < -0.4 is 0 Å². The lowest BCUT2D eigenvalue weighted by molar-refractivity contribution is -0.178. The monoisotopic (exact) mass is 651 g/mol. The van der Waals surface area contributed by atoms with Gasteiger partial charge in [0, 0.05) is 37.0 Å². The van der Waals surface area contributed by atoms with E-state index in [1.54, 1.807) is 32.2 Å². The summed E-state index contributed by atoms with van der Waals surface area (Å²) < 4.78 is 30.1. The van der Waals surface area contributed by atoms with E-state index < -0.39 is 66.1 Å². The molecule has 232 valence electrons. The number of fused-ring (bicyclic) bond motifs is 1. The van der Waals surface area contributed by atoms with Gasteiger partial charge in [-0.05, 0) is 51.3 Å². The Hall–Kier alpha value is -2.47. The van der Waals surface area contributed by atoms with Gasteiger partial charge in [-0.25, -0.2) is 9.59 Å². The number of hydrogen-bond acceptors (Lipinski definition) is 9. The first-order valence-corrected chi connectivity index (χ1v) is 15.6. The van der Waals surface area contributed by atoms with Crippen LogP contribution in [-0.4, -0.2) is 82.7 Å². The smallest absolute Gasteiger partial charge is 0.355 e. The number of esters is 3. The minimum atomic E-state index is -0.881. The van der Waals surface area contributed by atoms with Gasteiger partial charge in [-0.2, -0.15) is 0 Å². The van der Waals surface area contributed by atoms with Crippen molar-refractivity contribution in [2.45, 2.75) is 89.7 Å². The van der Waals surface area contributed by atoms with Gasteiger partial charge in [-0.1, -0.05) is 48.0 Å². The highest BCUT2D eigenvalue weighted by atomic mass is 79.9. The molecule has 42 heavy (non-hydrogen) atoms. The molecule has 0 radical (unpaired) electrons. The van der Waals surface area contributed by atoms with Crippen molar-refractivity contribution in [3.05, 3.63) is 47.8 Å². The van der Waals surface area contributed by atoms with E-state index in [-0.39, 0.29) is 23.1 Å². The quantitative estimate of drug-likeness (QED) is 0.175. The number of aliphatic hydroxyl groups excluding tert-OH is 1. The molecule has 10 nitrogen and oxygen atoms in total. The van der Waals surface area contributed by atoms with E-state index in [0.29, 0.717) is 18.5 Å². The van der Waals surface area contributed by atoms with E-state index >= 15 is 0 Å². The number of hydrogen-bond donors (Lipinski definition) is 2. The number of methoxy groups -OCH3 is 1. The van der Waals surface area contributed by atoms with Gasteiger partial charge < -0.3 is 33.8 Å². The standard InChI is InChI=1S/C31H42BrNO9/c1-16-12-17(2)31-14-21(28(42-31)27(18(3)19(4)34)41-29(36)23-8-7-11-33-23)9-10-22(31)13-24(38-6)30(37)40-26(16)20(5)39-25(35)15-32/h7-12,16,18-22,24,26-28,33-34H,13-15H2,1-6H3/b17-12+/t16-,18-,19+,20-,21-,22-,24+,26+,27-,28-,31+/m1/s1. The molecule has 1 spiro atoms. The van der Waals surface area contributed by atoms with Crippen LogP contribution in [0.1, 0.15) is 57.9 Å². The molecule has 11 atom stereocenters. The van der Waals surface area contributed by atoms with Crippen molar-refractivity contribution in [2.24, 2.45) is 23.7 Å². The zero-order valence-corrected chi connectivity index (χ0v) is 26.5. The number of aromatic nitrogens is 1. The molecule has 1 saturated heterocycles. The van der Waals surface area contributed by atoms with Gasteiger partial charge in [0.05, 0.1) is 11.7 Å². The van der Waals surface area contributed by atoms with Crippen molar-refractivity contribution in [1.29, 1.82) is 0 Å². The normalized spacial score (nSPS) is 35.0. The zero-order chi connectivity index (χ0) is 30.8. The molecule has 3 heterocycles. The van der Waals surface area contributed by atoms with E-state index in [4.69, 9.17) is 23.7 Å². The number of aromatic amines is 1. The molecule has 0 aromatic carbocycles. The van der Waals surface area contributed by atoms with Gasteiger partial charge in [0.2, 0.25) is 0 Å². The first kappa shape index (κ1) is 32.4. The van der Waals surface area contributed by atoms with Crippen LogP contribution in [0.15, 0.2) is 42.1 Å². The predicted molar refractivity (Wildman–Crippen MR) is 157 cm³/mol. The average molecular weight is 653 g/mol. The predicted octanol–water partition coefficient (Wildman–Crippen LogP) is 4.13. The van der Waals surface area contributed by atoms with Crippen molar-refractivity contribution in [2.75, 3.05) is 12.4 Å². The number of halogens is 1. The Kier molecular flexibility index (Phi) is 10.4. The van der Waals surface area contributed by atoms with E-state index in [1.807, 2.05) is 26.8 Å². The summed E-state index contributed by atoms with van der Waals surface area (Å²) in [6.45, 7) is 9.13. The molecule has 1 aromatic rings. The van der Waals surface area contributed by atoms with Gasteiger partial charge in [-0.3, -0.25) is 4.79 Å². The van der Waals surface area contributed by atoms with Crippen LogP contribution in [0.5, 0.6) is 0 Å². The van der Waals surface area contributed by atoms with Crippen LogP contribution in [0, 0.1) is 23.7 Å². The molecule has 3 aliphatic rings. The molecule has 2 bridgehead atoms. The summed E-state index contributed by atoms with van der Waals surface area (Å²) in [6, 6.07) is 3.36. The maximum atomic E-state index is 13.3. The minimum absolute atomic E-state index is 0.0240. The number of cyclic esters (lactones) is 1. The molecule has 4 rings (SSSR count). The summed E-state index contributed by atoms with van der Waals surface area (Å²) in [6.07, 6.45) is 4.31. The summed E-state index contributed by atoms with van der Waals surface area (Å²) in [5.74, 6) is -2.61. The first-order valence-electron chi connectivity index (χ1n) is 14.5. The van der Waals surface area contributed by atoms with Crippen molar-refractivity contribution in [3.8, 4) is 0 Å². The fraction of sp³-hybridized carbons (Fsp3) is 0.645. The Morgan fingerprint density at radius 3 is 2.57 bits per heavy atom. The highest BCUT2D eigenvalue weighted by Gasteiger charge is 2.57. The van der Waals surface area contributed by atoms with Crippen LogP contribution >= 0.6 is 15.9 Å². The molecule has 1 fully saturated rings. The van der Waals surface area contributed by atoms with Crippen molar-refractivity contribution >= 4 is 33.8 Å². The number of carbonyl (C=O) groups excluding carboxylic acids is 3. The Labute approximate surface area is 255 Å². The fourth-order valence-corrected chi connectivity index (χ4v) is 6.64. The largest absolute Gasteiger partial charge is 0.458 e. The number of rotatable bonds is 9. The molecule has 0 saturated carbocycles. The topological polar surface area (TPSA) is 133 Å². The number of H-pyrrole nitrogens is 1. The van der Waals surface area contributed by atoms with Crippen LogP contribution in [0.2, 0.25) is 0 Å². The maximum absolute atomic E-state index is 13.3.